The van der Waals surface area contributed by atoms with Crippen LogP contribution in [-0.4, -0.2) is 114 Å². The van der Waals surface area contributed by atoms with E-state index in [0.717, 1.165) is 87.5 Å². The van der Waals surface area contributed by atoms with E-state index in [1.807, 2.05) is 11.0 Å². The third-order valence-corrected chi connectivity index (χ3v) is 12.5. The van der Waals surface area contributed by atoms with Crippen LogP contribution in [0.5, 0.6) is 0 Å². The van der Waals surface area contributed by atoms with Crippen LogP contribution in [0.2, 0.25) is 0 Å². The molecule has 1 atom stereocenters. The highest BCUT2D eigenvalue weighted by atomic mass is 19.4. The van der Waals surface area contributed by atoms with E-state index in [2.05, 4.69) is 40.1 Å². The Morgan fingerprint density at radius 3 is 2.13 bits per heavy atom. The molecule has 1 unspecified atom stereocenters. The predicted molar refractivity (Wildman–Crippen MR) is 215 cm³/mol. The molecule has 0 radical (unpaired) electrons. The van der Waals surface area contributed by atoms with E-state index in [1.54, 1.807) is 24.5 Å². The summed E-state index contributed by atoms with van der Waals surface area (Å²) in [5.74, 6) is -0.877. The summed E-state index contributed by atoms with van der Waals surface area (Å²) in [5.41, 5.74) is 0.421. The van der Waals surface area contributed by atoms with Gasteiger partial charge in [0.15, 0.2) is 11.5 Å². The Morgan fingerprint density at radius 2 is 1.47 bits per heavy atom. The van der Waals surface area contributed by atoms with Crippen LogP contribution in [0, 0.1) is 18.4 Å². The zero-order chi connectivity index (χ0) is 42.1. The van der Waals surface area contributed by atoms with Gasteiger partial charge in [-0.1, -0.05) is 6.07 Å². The third kappa shape index (κ3) is 8.49. The van der Waals surface area contributed by atoms with E-state index in [9.17, 15) is 37.1 Å². The van der Waals surface area contributed by atoms with Gasteiger partial charge in [-0.15, -0.1) is 0 Å². The second-order valence-corrected chi connectivity index (χ2v) is 16.0. The van der Waals surface area contributed by atoms with Crippen molar-refractivity contribution in [3.05, 3.63) is 76.9 Å². The van der Waals surface area contributed by atoms with E-state index in [4.69, 9.17) is 6.57 Å². The summed E-state index contributed by atoms with van der Waals surface area (Å²) in [6, 6.07) is 8.00. The van der Waals surface area contributed by atoms with Crippen molar-refractivity contribution in [3.63, 3.8) is 0 Å². The first-order valence-corrected chi connectivity index (χ1v) is 20.4. The lowest BCUT2D eigenvalue weighted by Crippen LogP contribution is -2.54. The third-order valence-electron chi connectivity index (χ3n) is 12.5. The van der Waals surface area contributed by atoms with Gasteiger partial charge in [0.25, 0.3) is 11.8 Å². The fourth-order valence-electron chi connectivity index (χ4n) is 8.92. The van der Waals surface area contributed by atoms with Crippen LogP contribution in [0.3, 0.4) is 0 Å². The highest BCUT2D eigenvalue weighted by Gasteiger charge is 2.45. The largest absolute Gasteiger partial charge is 0.407 e. The summed E-state index contributed by atoms with van der Waals surface area (Å²) in [6.45, 7) is 13.9. The lowest BCUT2D eigenvalue weighted by atomic mass is 9.93. The Morgan fingerprint density at radius 1 is 0.800 bits per heavy atom. The number of piperidine rings is 3. The number of nitrogens with zero attached hydrogens (tertiary/aromatic N) is 8. The molecule has 2 aromatic carbocycles. The van der Waals surface area contributed by atoms with Gasteiger partial charge >= 0.3 is 6.18 Å². The van der Waals surface area contributed by atoms with Crippen molar-refractivity contribution < 1.29 is 37.1 Å². The number of rotatable bonds is 9. The van der Waals surface area contributed by atoms with Crippen molar-refractivity contribution in [3.8, 4) is 0 Å². The number of hydrogen-bond acceptors (Lipinski definition) is 11. The monoisotopic (exact) mass is 826 g/mol. The SMILES string of the molecule is [C-]#[N+]c1ccc(N2CCC(C(=O)Nc3cnc(N4CCC(CCN5CCN(c6ccc7c(c6)C(=O)N(C6CCC(=O)NC6=O)C7=O)CC5)CC4)cn3)CC2)cc1C(F)(F)F. The molecule has 0 aliphatic carbocycles. The average Bonchev–Trinajstić information content (AvgIpc) is 3.50. The number of aromatic nitrogens is 2. The number of alkyl halides is 3. The van der Waals surface area contributed by atoms with E-state index >= 15 is 0 Å². The van der Waals surface area contributed by atoms with Crippen LogP contribution >= 0.6 is 0 Å². The summed E-state index contributed by atoms with van der Waals surface area (Å²) in [6.07, 6.45) is 2.87. The molecule has 2 N–H and O–H groups in total. The smallest absolute Gasteiger partial charge is 0.372 e. The second kappa shape index (κ2) is 16.9. The first-order valence-electron chi connectivity index (χ1n) is 20.4. The molecule has 8 rings (SSSR count). The molecule has 1 aromatic heterocycles. The van der Waals surface area contributed by atoms with Crippen molar-refractivity contribution in [2.24, 2.45) is 11.8 Å². The lowest BCUT2D eigenvalue weighted by molar-refractivity contribution is -0.137. The average molecular weight is 827 g/mol. The van der Waals surface area contributed by atoms with Crippen molar-refractivity contribution in [2.75, 3.05) is 78.9 Å². The van der Waals surface area contributed by atoms with Crippen LogP contribution in [0.4, 0.5) is 41.9 Å². The Labute approximate surface area is 344 Å². The zero-order valence-corrected chi connectivity index (χ0v) is 32.9. The fourth-order valence-corrected chi connectivity index (χ4v) is 8.92. The van der Waals surface area contributed by atoms with Crippen molar-refractivity contribution in [1.29, 1.82) is 0 Å². The molecule has 5 amide bonds. The van der Waals surface area contributed by atoms with Crippen LogP contribution in [-0.2, 0) is 20.6 Å². The van der Waals surface area contributed by atoms with Crippen molar-refractivity contribution >= 4 is 58.2 Å². The number of benzene rings is 2. The molecule has 3 aromatic rings. The maximum absolute atomic E-state index is 13.5. The molecule has 5 aliphatic rings. The van der Waals surface area contributed by atoms with Gasteiger partial charge in [-0.05, 0) is 81.3 Å². The molecule has 15 nitrogen and oxygen atoms in total. The fraction of sp³-hybridized carbons (Fsp3) is 0.476. The number of carbonyl (C=O) groups excluding carboxylic acids is 5. The summed E-state index contributed by atoms with van der Waals surface area (Å²) in [4.78, 5) is 85.2. The van der Waals surface area contributed by atoms with Gasteiger partial charge in [0.1, 0.15) is 11.9 Å². The van der Waals surface area contributed by atoms with Gasteiger partial charge < -0.3 is 20.0 Å². The number of anilines is 4. The molecule has 4 saturated heterocycles. The minimum Gasteiger partial charge on any atom is -0.372 e. The van der Waals surface area contributed by atoms with Crippen LogP contribution in [0.25, 0.3) is 4.85 Å². The number of halogens is 3. The van der Waals surface area contributed by atoms with Crippen LogP contribution in [0.1, 0.15) is 71.2 Å². The van der Waals surface area contributed by atoms with Crippen LogP contribution < -0.4 is 25.3 Å². The Bertz CT molecular complexity index is 2210. The first-order chi connectivity index (χ1) is 28.9. The Kier molecular flexibility index (Phi) is 11.4. The van der Waals surface area contributed by atoms with E-state index in [-0.39, 0.29) is 35.8 Å². The van der Waals surface area contributed by atoms with Gasteiger partial charge in [-0.25, -0.2) is 14.8 Å². The molecule has 314 valence electrons. The molecule has 4 fully saturated rings. The van der Waals surface area contributed by atoms with Gasteiger partial charge in [0.2, 0.25) is 17.7 Å². The number of piperazine rings is 1. The minimum absolute atomic E-state index is 0.0776. The molecule has 6 heterocycles. The maximum Gasteiger partial charge on any atom is 0.407 e. The maximum atomic E-state index is 13.5. The van der Waals surface area contributed by atoms with E-state index in [1.165, 1.54) is 12.1 Å². The van der Waals surface area contributed by atoms with Crippen molar-refractivity contribution in [2.45, 2.75) is 57.2 Å². The Balaban J connectivity index is 0.745. The highest BCUT2D eigenvalue weighted by molar-refractivity contribution is 6.23. The van der Waals surface area contributed by atoms with E-state index < -0.39 is 47.1 Å². The number of nitrogens with one attached hydrogen (secondary N) is 2. The number of hydrogen-bond donors (Lipinski definition) is 2. The van der Waals surface area contributed by atoms with Crippen LogP contribution in [0.15, 0.2) is 48.8 Å². The molecule has 0 saturated carbocycles. The number of amides is 5. The number of fused-ring (bicyclic) bond motifs is 1. The molecule has 18 heteroatoms. The van der Waals surface area contributed by atoms with Gasteiger partial charge in [0, 0.05) is 76.1 Å². The molecular formula is C42H45F3N10O5. The molecule has 60 heavy (non-hydrogen) atoms. The lowest BCUT2D eigenvalue weighted by Gasteiger charge is -2.38. The summed E-state index contributed by atoms with van der Waals surface area (Å²) in [5, 5.41) is 5.08. The first kappa shape index (κ1) is 40.7. The zero-order valence-electron chi connectivity index (χ0n) is 32.9. The summed E-state index contributed by atoms with van der Waals surface area (Å²) in [7, 11) is 0. The number of carbonyl (C=O) groups is 5. The molecular weight excluding hydrogens is 782 g/mol. The minimum atomic E-state index is -4.62. The van der Waals surface area contributed by atoms with E-state index in [0.29, 0.717) is 43.4 Å². The number of imide groups is 2. The van der Waals surface area contributed by atoms with Gasteiger partial charge in [0.05, 0.1) is 35.7 Å². The Hall–Kier alpha value is -6.09. The summed E-state index contributed by atoms with van der Waals surface area (Å²) < 4.78 is 40.4. The quantitative estimate of drug-likeness (QED) is 0.227. The normalized spacial score (nSPS) is 20.9. The van der Waals surface area contributed by atoms with Gasteiger partial charge in [-0.2, -0.15) is 13.2 Å². The molecule has 0 bridgehead atoms. The standard InChI is InChI=1S/C42H45F3N10O5/c1-46-33-5-3-29(23-32(33)42(43,44)45)52-16-11-27(12-17-52)38(57)49-35-24-48-36(25-47-35)54-14-9-26(10-15-54)8-13-51-18-20-53(21-19-51)28-2-4-30-31(22-28)41(60)55(40(30)59)34-6-7-37(56)50-39(34)58/h2-5,22-27,34H,6-21H2,(H,47,49,57)(H,50,56,58). The second-order valence-electron chi connectivity index (χ2n) is 16.0. The summed E-state index contributed by atoms with van der Waals surface area (Å²) >= 11 is 0. The van der Waals surface area contributed by atoms with Gasteiger partial charge in [-0.3, -0.25) is 39.1 Å². The topological polar surface area (TPSA) is 156 Å². The molecule has 5 aliphatic heterocycles. The molecule has 0 spiro atoms. The highest BCUT2D eigenvalue weighted by Crippen LogP contribution is 2.39. The predicted octanol–water partition coefficient (Wildman–Crippen LogP) is 4.73. The van der Waals surface area contributed by atoms with Crippen molar-refractivity contribution in [1.82, 2.24) is 25.1 Å².